The maximum absolute atomic E-state index is 11.5. The maximum Gasteiger partial charge on any atom is 0.314 e. The molecule has 0 saturated heterocycles. The SMILES string of the molecule is CC(C)(CNC(=O)NCCCO)c1ccccc1Cl. The average Bonchev–Trinajstić information content (AvgIpc) is 2.37. The fraction of sp³-hybridized carbons (Fsp3) is 0.500. The summed E-state index contributed by atoms with van der Waals surface area (Å²) in [5, 5.41) is 14.8. The Hall–Kier alpha value is -1.26. The van der Waals surface area contributed by atoms with E-state index in [9.17, 15) is 4.79 Å². The second-order valence-electron chi connectivity index (χ2n) is 5.05. The molecule has 0 aliphatic heterocycles. The molecule has 0 radical (unpaired) electrons. The van der Waals surface area contributed by atoms with Gasteiger partial charge in [0.2, 0.25) is 0 Å². The molecule has 0 spiro atoms. The summed E-state index contributed by atoms with van der Waals surface area (Å²) in [5.74, 6) is 0. The number of rotatable bonds is 6. The van der Waals surface area contributed by atoms with E-state index in [1.807, 2.05) is 38.1 Å². The molecule has 0 heterocycles. The van der Waals surface area contributed by atoms with Gasteiger partial charge in [-0.25, -0.2) is 4.79 Å². The highest BCUT2D eigenvalue weighted by Gasteiger charge is 2.23. The summed E-state index contributed by atoms with van der Waals surface area (Å²) < 4.78 is 0. The van der Waals surface area contributed by atoms with Gasteiger partial charge in [0.15, 0.2) is 0 Å². The zero-order valence-corrected chi connectivity index (χ0v) is 12.1. The van der Waals surface area contributed by atoms with Crippen molar-refractivity contribution in [2.45, 2.75) is 25.7 Å². The third-order valence-electron chi connectivity index (χ3n) is 2.91. The number of aliphatic hydroxyl groups is 1. The smallest absolute Gasteiger partial charge is 0.314 e. The Balaban J connectivity index is 2.51. The Morgan fingerprint density at radius 1 is 1.32 bits per heavy atom. The van der Waals surface area contributed by atoms with Crippen molar-refractivity contribution in [3.63, 3.8) is 0 Å². The van der Waals surface area contributed by atoms with Gasteiger partial charge in [-0.1, -0.05) is 43.6 Å². The van der Waals surface area contributed by atoms with Crippen molar-refractivity contribution in [2.75, 3.05) is 19.7 Å². The molecule has 0 aliphatic rings. The van der Waals surface area contributed by atoms with E-state index in [4.69, 9.17) is 16.7 Å². The molecule has 5 heteroatoms. The van der Waals surface area contributed by atoms with Crippen LogP contribution in [-0.2, 0) is 5.41 Å². The van der Waals surface area contributed by atoms with Crippen LogP contribution >= 0.6 is 11.6 Å². The van der Waals surface area contributed by atoms with Crippen LogP contribution < -0.4 is 10.6 Å². The van der Waals surface area contributed by atoms with Crippen LogP contribution in [0.4, 0.5) is 4.79 Å². The van der Waals surface area contributed by atoms with Crippen molar-refractivity contribution in [2.24, 2.45) is 0 Å². The lowest BCUT2D eigenvalue weighted by Gasteiger charge is -2.26. The monoisotopic (exact) mass is 284 g/mol. The van der Waals surface area contributed by atoms with Crippen molar-refractivity contribution >= 4 is 17.6 Å². The molecule has 0 unspecified atom stereocenters. The van der Waals surface area contributed by atoms with E-state index in [0.29, 0.717) is 24.5 Å². The Kier molecular flexibility index (Phi) is 6.12. The lowest BCUT2D eigenvalue weighted by molar-refractivity contribution is 0.235. The molecule has 1 rings (SSSR count). The van der Waals surface area contributed by atoms with Crippen LogP contribution in [0, 0.1) is 0 Å². The molecule has 0 fully saturated rings. The van der Waals surface area contributed by atoms with Crippen molar-refractivity contribution in [1.29, 1.82) is 0 Å². The Morgan fingerprint density at radius 2 is 2.00 bits per heavy atom. The Bertz CT molecular complexity index is 422. The number of halogens is 1. The molecular formula is C14H21ClN2O2. The molecule has 1 aromatic carbocycles. The first-order valence-corrected chi connectivity index (χ1v) is 6.73. The van der Waals surface area contributed by atoms with E-state index in [-0.39, 0.29) is 18.1 Å². The van der Waals surface area contributed by atoms with Crippen LogP contribution in [-0.4, -0.2) is 30.8 Å². The van der Waals surface area contributed by atoms with E-state index in [1.54, 1.807) is 0 Å². The predicted molar refractivity (Wildman–Crippen MR) is 77.6 cm³/mol. The molecule has 3 N–H and O–H groups in total. The van der Waals surface area contributed by atoms with Gasteiger partial charge >= 0.3 is 6.03 Å². The fourth-order valence-electron chi connectivity index (χ4n) is 1.75. The lowest BCUT2D eigenvalue weighted by Crippen LogP contribution is -2.42. The number of hydrogen-bond acceptors (Lipinski definition) is 2. The van der Waals surface area contributed by atoms with E-state index in [1.165, 1.54) is 0 Å². The van der Waals surface area contributed by atoms with Gasteiger partial charge < -0.3 is 15.7 Å². The Morgan fingerprint density at radius 3 is 2.63 bits per heavy atom. The molecule has 0 atom stereocenters. The molecule has 4 nitrogen and oxygen atoms in total. The summed E-state index contributed by atoms with van der Waals surface area (Å²) >= 11 is 6.17. The predicted octanol–water partition coefficient (Wildman–Crippen LogP) is 2.30. The van der Waals surface area contributed by atoms with Gasteiger partial charge in [-0.2, -0.15) is 0 Å². The number of amides is 2. The summed E-state index contributed by atoms with van der Waals surface area (Å²) in [6.07, 6.45) is 0.557. The molecule has 1 aromatic rings. The molecule has 106 valence electrons. The number of hydrogen-bond donors (Lipinski definition) is 3. The topological polar surface area (TPSA) is 61.4 Å². The molecular weight excluding hydrogens is 264 g/mol. The van der Waals surface area contributed by atoms with Gasteiger partial charge in [-0.15, -0.1) is 0 Å². The lowest BCUT2D eigenvalue weighted by atomic mass is 9.84. The van der Waals surface area contributed by atoms with E-state index in [0.717, 1.165) is 5.56 Å². The zero-order valence-electron chi connectivity index (χ0n) is 11.4. The van der Waals surface area contributed by atoms with Crippen LogP contribution in [0.15, 0.2) is 24.3 Å². The first-order chi connectivity index (χ1) is 8.97. The second-order valence-corrected chi connectivity index (χ2v) is 5.46. The highest BCUT2D eigenvalue weighted by Crippen LogP contribution is 2.28. The third kappa shape index (κ3) is 5.09. The molecule has 0 aliphatic carbocycles. The maximum atomic E-state index is 11.5. The third-order valence-corrected chi connectivity index (χ3v) is 3.24. The molecule has 0 bridgehead atoms. The largest absolute Gasteiger partial charge is 0.396 e. The van der Waals surface area contributed by atoms with Crippen LogP contribution in [0.3, 0.4) is 0 Å². The number of aliphatic hydroxyl groups excluding tert-OH is 1. The van der Waals surface area contributed by atoms with Crippen LogP contribution in [0.1, 0.15) is 25.8 Å². The van der Waals surface area contributed by atoms with Gasteiger partial charge in [0.25, 0.3) is 0 Å². The number of urea groups is 1. The minimum absolute atomic E-state index is 0.0748. The summed E-state index contributed by atoms with van der Waals surface area (Å²) in [5.41, 5.74) is 0.763. The van der Waals surface area contributed by atoms with Gasteiger partial charge in [0.05, 0.1) is 0 Å². The van der Waals surface area contributed by atoms with Crippen molar-refractivity contribution in [1.82, 2.24) is 10.6 Å². The minimum Gasteiger partial charge on any atom is -0.396 e. The highest BCUT2D eigenvalue weighted by atomic mass is 35.5. The van der Waals surface area contributed by atoms with Gasteiger partial charge in [-0.3, -0.25) is 0 Å². The molecule has 0 saturated carbocycles. The second kappa shape index (κ2) is 7.36. The summed E-state index contributed by atoms with van der Waals surface area (Å²) in [6.45, 7) is 5.09. The first-order valence-electron chi connectivity index (χ1n) is 6.35. The van der Waals surface area contributed by atoms with Crippen LogP contribution in [0.25, 0.3) is 0 Å². The summed E-state index contributed by atoms with van der Waals surface area (Å²) in [7, 11) is 0. The van der Waals surface area contributed by atoms with Crippen molar-refractivity contribution in [3.05, 3.63) is 34.9 Å². The Labute approximate surface area is 119 Å². The molecule has 19 heavy (non-hydrogen) atoms. The average molecular weight is 285 g/mol. The number of carbonyl (C=O) groups excluding carboxylic acids is 1. The van der Waals surface area contributed by atoms with Crippen molar-refractivity contribution < 1.29 is 9.90 Å². The number of benzene rings is 1. The minimum atomic E-state index is -0.243. The normalized spacial score (nSPS) is 11.2. The van der Waals surface area contributed by atoms with Crippen molar-refractivity contribution in [3.8, 4) is 0 Å². The molecule has 0 aromatic heterocycles. The van der Waals surface area contributed by atoms with Gasteiger partial charge in [0.1, 0.15) is 0 Å². The highest BCUT2D eigenvalue weighted by molar-refractivity contribution is 6.31. The fourth-order valence-corrected chi connectivity index (χ4v) is 2.14. The number of carbonyl (C=O) groups is 1. The van der Waals surface area contributed by atoms with Crippen LogP contribution in [0.5, 0.6) is 0 Å². The van der Waals surface area contributed by atoms with E-state index >= 15 is 0 Å². The number of nitrogens with one attached hydrogen (secondary N) is 2. The zero-order chi connectivity index (χ0) is 14.3. The van der Waals surface area contributed by atoms with Gasteiger partial charge in [-0.05, 0) is 18.1 Å². The molecule has 2 amide bonds. The van der Waals surface area contributed by atoms with E-state index < -0.39 is 0 Å². The summed E-state index contributed by atoms with van der Waals surface area (Å²) in [6, 6.07) is 7.41. The standard InChI is InChI=1S/C14H21ClN2O2/c1-14(2,11-6-3-4-7-12(11)15)10-17-13(19)16-8-5-9-18/h3-4,6-7,18H,5,8-10H2,1-2H3,(H2,16,17,19). The first kappa shape index (κ1) is 15.8. The van der Waals surface area contributed by atoms with Crippen LogP contribution in [0.2, 0.25) is 5.02 Å². The van der Waals surface area contributed by atoms with Gasteiger partial charge in [0, 0.05) is 30.1 Å². The quantitative estimate of drug-likeness (QED) is 0.702. The summed E-state index contributed by atoms with van der Waals surface area (Å²) in [4.78, 5) is 11.5. The van der Waals surface area contributed by atoms with E-state index in [2.05, 4.69) is 10.6 Å².